The molecule has 0 unspecified atom stereocenters. The van der Waals surface area contributed by atoms with E-state index in [9.17, 15) is 4.79 Å². The Morgan fingerprint density at radius 1 is 1.04 bits per heavy atom. The lowest BCUT2D eigenvalue weighted by Crippen LogP contribution is -2.33. The molecule has 0 atom stereocenters. The molecule has 0 heterocycles. The fourth-order valence-corrected chi connectivity index (χ4v) is 5.28. The van der Waals surface area contributed by atoms with Crippen molar-refractivity contribution in [1.29, 1.82) is 0 Å². The van der Waals surface area contributed by atoms with Gasteiger partial charge in [0.2, 0.25) is 5.91 Å². The molecule has 0 aromatic heterocycles. The number of hydrogen-bond acceptors (Lipinski definition) is 2. The second-order valence-electron chi connectivity index (χ2n) is 8.21. The smallest absolute Gasteiger partial charge is 0.222 e. The van der Waals surface area contributed by atoms with Gasteiger partial charge in [-0.05, 0) is 44.8 Å². The molecule has 0 aromatic rings. The third-order valence-electron chi connectivity index (χ3n) is 5.18. The van der Waals surface area contributed by atoms with Gasteiger partial charge in [-0.1, -0.05) is 51.4 Å². The molecule has 4 heteroatoms. The minimum absolute atomic E-state index is 0.319. The molecule has 0 aromatic carbocycles. The highest BCUT2D eigenvalue weighted by atomic mass is 28.4. The van der Waals surface area contributed by atoms with E-state index in [1.54, 1.807) is 0 Å². The van der Waals surface area contributed by atoms with Crippen LogP contribution in [0.4, 0.5) is 0 Å². The zero-order valence-electron chi connectivity index (χ0n) is 16.7. The number of carbonyl (C=O) groups is 1. The van der Waals surface area contributed by atoms with Crippen LogP contribution in [0.15, 0.2) is 0 Å². The first kappa shape index (κ1) is 21.7. The van der Waals surface area contributed by atoms with Crippen LogP contribution < -0.4 is 0 Å². The van der Waals surface area contributed by atoms with Crippen LogP contribution in [-0.2, 0) is 9.22 Å². The molecule has 1 aliphatic carbocycles. The normalized spacial score (nSPS) is 14.8. The Labute approximate surface area is 151 Å². The van der Waals surface area contributed by atoms with Crippen LogP contribution in [0.3, 0.4) is 0 Å². The van der Waals surface area contributed by atoms with Gasteiger partial charge < -0.3 is 9.33 Å². The number of carbonyl (C=O) groups excluding carboxylic acids is 1. The third-order valence-corrected chi connectivity index (χ3v) is 7.81. The van der Waals surface area contributed by atoms with Crippen molar-refractivity contribution < 1.29 is 9.22 Å². The summed E-state index contributed by atoms with van der Waals surface area (Å²) in [6.45, 7) is 8.29. The van der Waals surface area contributed by atoms with E-state index in [0.29, 0.717) is 5.91 Å². The van der Waals surface area contributed by atoms with Crippen LogP contribution >= 0.6 is 0 Å². The molecular formula is C20H41NO2Si. The van der Waals surface area contributed by atoms with Gasteiger partial charge in [-0.2, -0.15) is 0 Å². The van der Waals surface area contributed by atoms with Gasteiger partial charge in [0.05, 0.1) is 0 Å². The van der Waals surface area contributed by atoms with Gasteiger partial charge >= 0.3 is 0 Å². The molecule has 0 radical (unpaired) electrons. The highest BCUT2D eigenvalue weighted by Crippen LogP contribution is 2.34. The molecule has 1 rings (SSSR count). The van der Waals surface area contributed by atoms with Crippen molar-refractivity contribution in [2.45, 2.75) is 96.7 Å². The minimum atomic E-state index is -1.49. The van der Waals surface area contributed by atoms with E-state index < -0.39 is 8.32 Å². The van der Waals surface area contributed by atoms with Crippen molar-refractivity contribution in [1.82, 2.24) is 4.90 Å². The van der Waals surface area contributed by atoms with Gasteiger partial charge in [0.25, 0.3) is 0 Å². The SMILES string of the molecule is CCO[Si](C)(C)CCCN(C)C(=O)CCCCCCCCC1CC1. The lowest BCUT2D eigenvalue weighted by atomic mass is 10.1. The summed E-state index contributed by atoms with van der Waals surface area (Å²) in [6, 6.07) is 1.14. The highest BCUT2D eigenvalue weighted by molar-refractivity contribution is 6.71. The van der Waals surface area contributed by atoms with Crippen LogP contribution in [0.2, 0.25) is 19.1 Å². The van der Waals surface area contributed by atoms with Crippen LogP contribution in [0.25, 0.3) is 0 Å². The zero-order valence-corrected chi connectivity index (χ0v) is 17.7. The molecule has 1 aliphatic rings. The Morgan fingerprint density at radius 3 is 2.29 bits per heavy atom. The second kappa shape index (κ2) is 12.1. The number of amides is 1. The summed E-state index contributed by atoms with van der Waals surface area (Å²) in [7, 11) is 0.460. The third kappa shape index (κ3) is 11.2. The van der Waals surface area contributed by atoms with Crippen molar-refractivity contribution >= 4 is 14.2 Å². The fourth-order valence-electron chi connectivity index (χ4n) is 3.34. The Morgan fingerprint density at radius 2 is 1.67 bits per heavy atom. The number of rotatable bonds is 15. The fraction of sp³-hybridized carbons (Fsp3) is 0.950. The predicted octanol–water partition coefficient (Wildman–Crippen LogP) is 5.61. The van der Waals surface area contributed by atoms with Crippen LogP contribution in [-0.4, -0.2) is 39.3 Å². The lowest BCUT2D eigenvalue weighted by Gasteiger charge is -2.23. The lowest BCUT2D eigenvalue weighted by molar-refractivity contribution is -0.130. The van der Waals surface area contributed by atoms with E-state index in [4.69, 9.17) is 4.43 Å². The largest absolute Gasteiger partial charge is 0.418 e. The van der Waals surface area contributed by atoms with E-state index >= 15 is 0 Å². The minimum Gasteiger partial charge on any atom is -0.418 e. The van der Waals surface area contributed by atoms with Crippen LogP contribution in [0.1, 0.15) is 77.6 Å². The van der Waals surface area contributed by atoms with E-state index in [1.165, 1.54) is 51.4 Å². The van der Waals surface area contributed by atoms with Gasteiger partial charge in [-0.15, -0.1) is 0 Å². The maximum absolute atomic E-state index is 12.1. The molecule has 0 aliphatic heterocycles. The number of nitrogens with zero attached hydrogens (tertiary/aromatic N) is 1. The average Bonchev–Trinajstić information content (AvgIpc) is 3.33. The summed E-state index contributed by atoms with van der Waals surface area (Å²) >= 11 is 0. The molecule has 3 nitrogen and oxygen atoms in total. The summed E-state index contributed by atoms with van der Waals surface area (Å²) in [5.74, 6) is 1.40. The molecule has 1 fully saturated rings. The zero-order chi connectivity index (χ0) is 17.8. The molecule has 0 spiro atoms. The highest BCUT2D eigenvalue weighted by Gasteiger charge is 2.21. The first-order valence-corrected chi connectivity index (χ1v) is 13.4. The van der Waals surface area contributed by atoms with Crippen molar-refractivity contribution in [2.24, 2.45) is 5.92 Å². The van der Waals surface area contributed by atoms with Crippen molar-refractivity contribution in [3.05, 3.63) is 0 Å². The second-order valence-corrected chi connectivity index (χ2v) is 12.5. The van der Waals surface area contributed by atoms with Crippen LogP contribution in [0.5, 0.6) is 0 Å². The summed E-state index contributed by atoms with van der Waals surface area (Å²) < 4.78 is 5.84. The monoisotopic (exact) mass is 355 g/mol. The number of hydrogen-bond donors (Lipinski definition) is 0. The molecule has 0 saturated heterocycles. The van der Waals surface area contributed by atoms with E-state index in [2.05, 4.69) is 20.0 Å². The van der Waals surface area contributed by atoms with Gasteiger partial charge in [0, 0.05) is 26.6 Å². The Bertz CT molecular complexity index is 343. The molecule has 24 heavy (non-hydrogen) atoms. The Balaban J connectivity index is 1.93. The summed E-state index contributed by atoms with van der Waals surface area (Å²) in [5.41, 5.74) is 0. The molecule has 1 amide bonds. The molecule has 0 bridgehead atoms. The van der Waals surface area contributed by atoms with Crippen LogP contribution in [0, 0.1) is 5.92 Å². The summed E-state index contributed by atoms with van der Waals surface area (Å²) in [5, 5.41) is 0. The van der Waals surface area contributed by atoms with E-state index in [0.717, 1.165) is 44.4 Å². The Kier molecular flexibility index (Phi) is 10.9. The Hall–Kier alpha value is -0.353. The first-order chi connectivity index (χ1) is 11.4. The van der Waals surface area contributed by atoms with E-state index in [-0.39, 0.29) is 0 Å². The van der Waals surface area contributed by atoms with Crippen molar-refractivity contribution in [3.63, 3.8) is 0 Å². The van der Waals surface area contributed by atoms with Crippen molar-refractivity contribution in [2.75, 3.05) is 20.2 Å². The molecule has 142 valence electrons. The first-order valence-electron chi connectivity index (χ1n) is 10.3. The summed E-state index contributed by atoms with van der Waals surface area (Å²) in [4.78, 5) is 14.1. The maximum Gasteiger partial charge on any atom is 0.222 e. The van der Waals surface area contributed by atoms with Gasteiger partial charge in [0.15, 0.2) is 8.32 Å². The van der Waals surface area contributed by atoms with E-state index in [1.807, 2.05) is 11.9 Å². The van der Waals surface area contributed by atoms with Gasteiger partial charge in [-0.25, -0.2) is 0 Å². The van der Waals surface area contributed by atoms with Gasteiger partial charge in [0.1, 0.15) is 0 Å². The predicted molar refractivity (Wildman–Crippen MR) is 106 cm³/mol. The maximum atomic E-state index is 12.1. The van der Waals surface area contributed by atoms with Crippen molar-refractivity contribution in [3.8, 4) is 0 Å². The molecule has 1 saturated carbocycles. The number of unbranched alkanes of at least 4 members (excludes halogenated alkanes) is 5. The van der Waals surface area contributed by atoms with Gasteiger partial charge in [-0.3, -0.25) is 4.79 Å². The molecular weight excluding hydrogens is 314 g/mol. The standard InChI is InChI=1S/C20H41NO2Si/c1-5-23-24(3,4)18-12-17-21(2)20(22)14-11-9-7-6-8-10-13-19-15-16-19/h19H,5-18H2,1-4H3. The molecule has 0 N–H and O–H groups in total. The average molecular weight is 356 g/mol. The quantitative estimate of drug-likeness (QED) is 0.282. The topological polar surface area (TPSA) is 29.5 Å². The summed E-state index contributed by atoms with van der Waals surface area (Å²) in [6.07, 6.45) is 14.0.